The minimum absolute atomic E-state index is 0.0130. The van der Waals surface area contributed by atoms with E-state index in [9.17, 15) is 9.18 Å². The van der Waals surface area contributed by atoms with Gasteiger partial charge in [0, 0.05) is 23.6 Å². The van der Waals surface area contributed by atoms with Gasteiger partial charge in [-0.15, -0.1) is 0 Å². The van der Waals surface area contributed by atoms with Crippen molar-refractivity contribution in [1.82, 2.24) is 9.88 Å². The summed E-state index contributed by atoms with van der Waals surface area (Å²) in [5.74, 6) is -0.277. The predicted molar refractivity (Wildman–Crippen MR) is 94.3 cm³/mol. The van der Waals surface area contributed by atoms with Crippen LogP contribution in [0.1, 0.15) is 29.8 Å². The fraction of sp³-hybridized carbons (Fsp3) is 0.250. The van der Waals surface area contributed by atoms with Crippen molar-refractivity contribution >= 4 is 16.8 Å². The van der Waals surface area contributed by atoms with Crippen LogP contribution in [0.15, 0.2) is 48.5 Å². The molecule has 0 aliphatic heterocycles. The fourth-order valence-corrected chi connectivity index (χ4v) is 3.03. The van der Waals surface area contributed by atoms with E-state index >= 15 is 0 Å². The molecule has 3 rings (SSSR count). The number of nitrogens with one attached hydrogen (secondary N) is 1. The first-order chi connectivity index (χ1) is 11.5. The van der Waals surface area contributed by atoms with Crippen LogP contribution < -0.4 is 0 Å². The fourth-order valence-electron chi connectivity index (χ4n) is 3.03. The molecule has 1 N–H and O–H groups in total. The first-order valence-corrected chi connectivity index (χ1v) is 8.04. The van der Waals surface area contributed by atoms with E-state index in [1.54, 1.807) is 11.0 Å². The van der Waals surface area contributed by atoms with Gasteiger partial charge in [0.25, 0.3) is 0 Å². The molecule has 2 aromatic carbocycles. The van der Waals surface area contributed by atoms with E-state index in [-0.39, 0.29) is 24.2 Å². The molecular weight excluding hydrogens is 303 g/mol. The van der Waals surface area contributed by atoms with Crippen LogP contribution in [0.5, 0.6) is 0 Å². The Bertz CT molecular complexity index is 870. The average Bonchev–Trinajstić information content (AvgIpc) is 2.89. The summed E-state index contributed by atoms with van der Waals surface area (Å²) in [7, 11) is 1.81. The third kappa shape index (κ3) is 3.04. The van der Waals surface area contributed by atoms with Crippen molar-refractivity contribution in [3.63, 3.8) is 0 Å². The average molecular weight is 324 g/mol. The first-order valence-electron chi connectivity index (χ1n) is 8.04. The molecule has 0 spiro atoms. The second-order valence-electron chi connectivity index (χ2n) is 6.19. The Balaban J connectivity index is 1.84. The molecule has 0 aliphatic rings. The molecule has 3 nitrogen and oxygen atoms in total. The Morgan fingerprint density at radius 2 is 1.92 bits per heavy atom. The van der Waals surface area contributed by atoms with Gasteiger partial charge in [-0.05, 0) is 43.2 Å². The summed E-state index contributed by atoms with van der Waals surface area (Å²) in [6, 6.07) is 14.5. The number of carbonyl (C=O) groups excluding carboxylic acids is 1. The van der Waals surface area contributed by atoms with E-state index in [0.29, 0.717) is 0 Å². The second kappa shape index (κ2) is 6.48. The van der Waals surface area contributed by atoms with Gasteiger partial charge in [0.2, 0.25) is 5.91 Å². The van der Waals surface area contributed by atoms with E-state index in [1.807, 2.05) is 51.2 Å². The summed E-state index contributed by atoms with van der Waals surface area (Å²) in [4.78, 5) is 17.7. The SMILES string of the molecule is Cc1[nH]c2ccc(F)cc2c1CC(=O)N(C)C(C)c1ccccc1. The smallest absolute Gasteiger partial charge is 0.227 e. The lowest BCUT2D eigenvalue weighted by atomic mass is 10.0. The molecule has 3 aromatic rings. The minimum Gasteiger partial charge on any atom is -0.358 e. The standard InChI is InChI=1S/C20H21FN2O/c1-13-17(18-11-16(21)9-10-19(18)22-13)12-20(24)23(3)14(2)15-7-5-4-6-8-15/h4-11,14,22H,12H2,1-3H3. The predicted octanol–water partition coefficient (Wildman–Crippen LogP) is 4.38. The van der Waals surface area contributed by atoms with Crippen molar-refractivity contribution in [3.05, 3.63) is 71.2 Å². The Morgan fingerprint density at radius 3 is 2.62 bits per heavy atom. The number of nitrogens with zero attached hydrogens (tertiary/aromatic N) is 1. The number of benzene rings is 2. The van der Waals surface area contributed by atoms with Crippen LogP contribution in [0, 0.1) is 12.7 Å². The molecular formula is C20H21FN2O. The van der Waals surface area contributed by atoms with Crippen LogP contribution >= 0.6 is 0 Å². The van der Waals surface area contributed by atoms with Crippen molar-refractivity contribution in [3.8, 4) is 0 Å². The highest BCUT2D eigenvalue weighted by atomic mass is 19.1. The summed E-state index contributed by atoms with van der Waals surface area (Å²) in [5.41, 5.74) is 3.72. The van der Waals surface area contributed by atoms with Crippen molar-refractivity contribution < 1.29 is 9.18 Å². The molecule has 0 radical (unpaired) electrons. The first kappa shape index (κ1) is 16.2. The van der Waals surface area contributed by atoms with Gasteiger partial charge in [0.1, 0.15) is 5.82 Å². The number of likely N-dealkylation sites (N-methyl/N-ethyl adjacent to an activating group) is 1. The maximum absolute atomic E-state index is 13.6. The number of amides is 1. The zero-order valence-corrected chi connectivity index (χ0v) is 14.1. The van der Waals surface area contributed by atoms with Crippen LogP contribution in [0.2, 0.25) is 0 Å². The summed E-state index contributed by atoms with van der Waals surface area (Å²) >= 11 is 0. The van der Waals surface area contributed by atoms with Crippen LogP contribution in [0.25, 0.3) is 10.9 Å². The molecule has 1 aromatic heterocycles. The van der Waals surface area contributed by atoms with Crippen LogP contribution in [-0.2, 0) is 11.2 Å². The minimum atomic E-state index is -0.291. The highest BCUT2D eigenvalue weighted by molar-refractivity contribution is 5.90. The molecule has 1 heterocycles. The number of rotatable bonds is 4. The number of hydrogen-bond donors (Lipinski definition) is 1. The van der Waals surface area contributed by atoms with Gasteiger partial charge in [0.15, 0.2) is 0 Å². The molecule has 0 aliphatic carbocycles. The molecule has 0 saturated carbocycles. The molecule has 0 saturated heterocycles. The largest absolute Gasteiger partial charge is 0.358 e. The second-order valence-corrected chi connectivity index (χ2v) is 6.19. The summed E-state index contributed by atoms with van der Waals surface area (Å²) in [5, 5.41) is 0.779. The van der Waals surface area contributed by atoms with Crippen LogP contribution in [0.3, 0.4) is 0 Å². The van der Waals surface area contributed by atoms with Gasteiger partial charge in [-0.2, -0.15) is 0 Å². The zero-order valence-electron chi connectivity index (χ0n) is 14.1. The number of aromatic amines is 1. The van der Waals surface area contributed by atoms with Gasteiger partial charge >= 0.3 is 0 Å². The lowest BCUT2D eigenvalue weighted by molar-refractivity contribution is -0.131. The summed E-state index contributed by atoms with van der Waals surface area (Å²) in [6.45, 7) is 3.93. The number of aromatic nitrogens is 1. The van der Waals surface area contributed by atoms with Gasteiger partial charge in [-0.25, -0.2) is 4.39 Å². The maximum atomic E-state index is 13.6. The number of carbonyl (C=O) groups is 1. The monoisotopic (exact) mass is 324 g/mol. The summed E-state index contributed by atoms with van der Waals surface area (Å²) in [6.07, 6.45) is 0.253. The third-order valence-corrected chi connectivity index (χ3v) is 4.67. The van der Waals surface area contributed by atoms with Crippen molar-refractivity contribution in [2.24, 2.45) is 0 Å². The Kier molecular flexibility index (Phi) is 4.38. The molecule has 1 amide bonds. The van der Waals surface area contributed by atoms with Crippen molar-refractivity contribution in [2.45, 2.75) is 26.3 Å². The lowest BCUT2D eigenvalue weighted by Crippen LogP contribution is -2.31. The van der Waals surface area contributed by atoms with Gasteiger partial charge in [-0.1, -0.05) is 30.3 Å². The van der Waals surface area contributed by atoms with E-state index < -0.39 is 0 Å². The van der Waals surface area contributed by atoms with Gasteiger partial charge in [-0.3, -0.25) is 4.79 Å². The number of H-pyrrole nitrogens is 1. The molecule has 0 bridgehead atoms. The van der Waals surface area contributed by atoms with Crippen molar-refractivity contribution in [1.29, 1.82) is 0 Å². The summed E-state index contributed by atoms with van der Waals surface area (Å²) < 4.78 is 13.6. The highest BCUT2D eigenvalue weighted by Gasteiger charge is 2.20. The zero-order chi connectivity index (χ0) is 17.3. The number of aryl methyl sites for hydroxylation is 1. The molecule has 1 atom stereocenters. The van der Waals surface area contributed by atoms with Crippen LogP contribution in [-0.4, -0.2) is 22.8 Å². The molecule has 1 unspecified atom stereocenters. The quantitative estimate of drug-likeness (QED) is 0.760. The number of hydrogen-bond acceptors (Lipinski definition) is 1. The van der Waals surface area contributed by atoms with Gasteiger partial charge in [0.05, 0.1) is 12.5 Å². The lowest BCUT2D eigenvalue weighted by Gasteiger charge is -2.25. The maximum Gasteiger partial charge on any atom is 0.227 e. The third-order valence-electron chi connectivity index (χ3n) is 4.67. The topological polar surface area (TPSA) is 36.1 Å². The van der Waals surface area contributed by atoms with Gasteiger partial charge < -0.3 is 9.88 Å². The molecule has 0 fully saturated rings. The number of halogens is 1. The van der Waals surface area contributed by atoms with E-state index in [4.69, 9.17) is 0 Å². The van der Waals surface area contributed by atoms with E-state index in [1.165, 1.54) is 12.1 Å². The Labute approximate surface area is 141 Å². The molecule has 4 heteroatoms. The Morgan fingerprint density at radius 1 is 1.21 bits per heavy atom. The van der Waals surface area contributed by atoms with Crippen molar-refractivity contribution in [2.75, 3.05) is 7.05 Å². The molecule has 24 heavy (non-hydrogen) atoms. The Hall–Kier alpha value is -2.62. The number of fused-ring (bicyclic) bond motifs is 1. The van der Waals surface area contributed by atoms with E-state index in [2.05, 4.69) is 4.98 Å². The highest BCUT2D eigenvalue weighted by Crippen LogP contribution is 2.25. The molecule has 124 valence electrons. The van der Waals surface area contributed by atoms with E-state index in [0.717, 1.165) is 27.7 Å². The van der Waals surface area contributed by atoms with Crippen LogP contribution in [0.4, 0.5) is 4.39 Å². The normalized spacial score (nSPS) is 12.3.